The van der Waals surface area contributed by atoms with Crippen molar-refractivity contribution >= 4 is 94.3 Å². The van der Waals surface area contributed by atoms with Gasteiger partial charge in [-0.25, -0.2) is 0 Å². The molecule has 0 aliphatic heterocycles. The van der Waals surface area contributed by atoms with E-state index in [4.69, 9.17) is 34.7 Å². The summed E-state index contributed by atoms with van der Waals surface area (Å²) in [5, 5.41) is 13.8. The number of halogens is 2. The summed E-state index contributed by atoms with van der Waals surface area (Å²) in [7, 11) is 0. The first-order chi connectivity index (χ1) is 25.9. The number of anilines is 8. The van der Waals surface area contributed by atoms with Gasteiger partial charge >= 0.3 is 0 Å². The van der Waals surface area contributed by atoms with Crippen molar-refractivity contribution in [3.8, 4) is 0 Å². The van der Waals surface area contributed by atoms with Crippen LogP contribution in [0.2, 0.25) is 10.6 Å². The van der Waals surface area contributed by atoms with Gasteiger partial charge in [0.1, 0.15) is 0 Å². The van der Waals surface area contributed by atoms with Gasteiger partial charge in [0.2, 0.25) is 58.2 Å². The normalized spacial score (nSPS) is 10.0. The van der Waals surface area contributed by atoms with E-state index in [1.54, 1.807) is 0 Å². The van der Waals surface area contributed by atoms with Crippen LogP contribution in [0.3, 0.4) is 0 Å². The molecule has 24 heteroatoms. The maximum absolute atomic E-state index is 5.68. The Kier molecular flexibility index (Phi) is 24.2. The molecular formula is C30H54Cl2N20S2. The van der Waals surface area contributed by atoms with Crippen LogP contribution in [-0.2, 0) is 0 Å². The molecule has 0 aromatic carbocycles. The van der Waals surface area contributed by atoms with Gasteiger partial charge in [0, 0.05) is 52.4 Å². The van der Waals surface area contributed by atoms with E-state index in [2.05, 4.69) is 94.9 Å². The monoisotopic (exact) mass is 828 g/mol. The quantitative estimate of drug-likeness (QED) is 0.0827. The van der Waals surface area contributed by atoms with Crippen molar-refractivity contribution in [2.45, 2.75) is 65.7 Å². The lowest BCUT2D eigenvalue weighted by molar-refractivity contribution is 0.787. The number of thioether (sulfide) groups is 2. The van der Waals surface area contributed by atoms with Crippen molar-refractivity contribution in [3.05, 3.63) is 10.6 Å². The van der Waals surface area contributed by atoms with E-state index < -0.39 is 0 Å². The summed E-state index contributed by atoms with van der Waals surface area (Å²) < 4.78 is 0. The second-order valence-electron chi connectivity index (χ2n) is 9.93. The molecule has 0 radical (unpaired) electrons. The lowest BCUT2D eigenvalue weighted by Crippen LogP contribution is -2.25. The Morgan fingerprint density at radius 1 is 0.444 bits per heavy atom. The van der Waals surface area contributed by atoms with Crippen LogP contribution >= 0.6 is 46.7 Å². The minimum atomic E-state index is 0.134. The molecule has 0 unspecified atom stereocenters. The zero-order chi connectivity index (χ0) is 40.5. The van der Waals surface area contributed by atoms with Crippen molar-refractivity contribution in [1.82, 2.24) is 59.8 Å². The Hall–Kier alpha value is -4.28. The number of nitrogens with one attached hydrogen (secondary N) is 4. The van der Waals surface area contributed by atoms with Crippen LogP contribution in [0.4, 0.5) is 47.6 Å². The standard InChI is InChI=1S/2C8H15N5S.2C7H12ClN5/c1-4-13(5-2)7-10-6(9)11-8(12-7)14-3;1-4-9-6-11-7(10-5-2)13-8(12-6)14-3;1-3-13(4-2)7-11-5(8)10-6(9)12-7;1-3-9-6-11-5(8)12-7(13-6)10-4-2/h4-5H2,1-3H3,(H2,9,10,11,12);4-5H2,1-3H3,(H2,9,10,11,12,13);3-4H2,1-2H3,(H2,9,10,11,12);3-4H2,1-2H3,(H2,9,10,11,12,13). The summed E-state index contributed by atoms with van der Waals surface area (Å²) in [6, 6.07) is 0. The summed E-state index contributed by atoms with van der Waals surface area (Å²) >= 11 is 14.3. The molecule has 0 saturated heterocycles. The lowest BCUT2D eigenvalue weighted by atomic mass is 10.5. The number of nitrogen functional groups attached to an aromatic ring is 2. The third-order valence-corrected chi connectivity index (χ3v) is 7.69. The number of aromatic nitrogens is 12. The molecule has 0 bridgehead atoms. The third-order valence-electron chi connectivity index (χ3n) is 6.25. The van der Waals surface area contributed by atoms with Gasteiger partial charge in [0.25, 0.3) is 0 Å². The van der Waals surface area contributed by atoms with Crippen molar-refractivity contribution in [2.75, 3.05) is 107 Å². The average Bonchev–Trinajstić information content (AvgIpc) is 3.13. The second-order valence-corrected chi connectivity index (χ2v) is 12.2. The molecule has 4 heterocycles. The summed E-state index contributed by atoms with van der Waals surface area (Å²) in [4.78, 5) is 52.5. The molecule has 0 fully saturated rings. The second kappa shape index (κ2) is 27.3. The van der Waals surface area contributed by atoms with E-state index in [0.717, 1.165) is 57.5 Å². The average molecular weight is 830 g/mol. The molecule has 0 atom stereocenters. The van der Waals surface area contributed by atoms with E-state index in [9.17, 15) is 0 Å². The minimum absolute atomic E-state index is 0.134. The molecule has 0 amide bonds. The number of rotatable bonds is 16. The van der Waals surface area contributed by atoms with Crippen LogP contribution in [0.25, 0.3) is 0 Å². The Bertz CT molecular complexity index is 1560. The third kappa shape index (κ3) is 18.2. The molecule has 8 N–H and O–H groups in total. The molecule has 4 aromatic heterocycles. The number of hydrogen-bond acceptors (Lipinski definition) is 22. The Labute approximate surface area is 336 Å². The Morgan fingerprint density at radius 3 is 1.13 bits per heavy atom. The van der Waals surface area contributed by atoms with Crippen LogP contribution in [-0.4, -0.2) is 125 Å². The molecule has 4 rings (SSSR count). The highest BCUT2D eigenvalue weighted by atomic mass is 35.5. The van der Waals surface area contributed by atoms with E-state index in [0.29, 0.717) is 40.8 Å². The molecule has 0 spiro atoms. The van der Waals surface area contributed by atoms with E-state index in [-0.39, 0.29) is 22.5 Å². The zero-order valence-corrected chi connectivity index (χ0v) is 35.8. The van der Waals surface area contributed by atoms with E-state index >= 15 is 0 Å². The van der Waals surface area contributed by atoms with Crippen LogP contribution in [0.1, 0.15) is 55.4 Å². The smallest absolute Gasteiger partial charge is 0.231 e. The van der Waals surface area contributed by atoms with Crippen molar-refractivity contribution in [3.63, 3.8) is 0 Å². The van der Waals surface area contributed by atoms with Crippen molar-refractivity contribution in [1.29, 1.82) is 0 Å². The summed E-state index contributed by atoms with van der Waals surface area (Å²) in [6.45, 7) is 22.6. The van der Waals surface area contributed by atoms with Gasteiger partial charge in [-0.1, -0.05) is 23.5 Å². The first-order valence-electron chi connectivity index (χ1n) is 17.3. The first-order valence-corrected chi connectivity index (χ1v) is 20.5. The molecule has 4 aromatic rings. The largest absolute Gasteiger partial charge is 0.368 e. The fraction of sp³-hybridized carbons (Fsp3) is 0.600. The molecular weight excluding hydrogens is 776 g/mol. The number of hydrogen-bond donors (Lipinski definition) is 6. The fourth-order valence-electron chi connectivity index (χ4n) is 3.85. The Morgan fingerprint density at radius 2 is 0.778 bits per heavy atom. The number of nitrogens with two attached hydrogens (primary N) is 2. The van der Waals surface area contributed by atoms with Crippen LogP contribution < -0.4 is 42.5 Å². The molecule has 54 heavy (non-hydrogen) atoms. The van der Waals surface area contributed by atoms with Gasteiger partial charge in [0.15, 0.2) is 10.3 Å². The predicted molar refractivity (Wildman–Crippen MR) is 225 cm³/mol. The van der Waals surface area contributed by atoms with Gasteiger partial charge in [-0.2, -0.15) is 59.8 Å². The fourth-order valence-corrected chi connectivity index (χ4v) is 4.88. The van der Waals surface area contributed by atoms with Gasteiger partial charge < -0.3 is 42.5 Å². The topological polar surface area (TPSA) is 261 Å². The highest BCUT2D eigenvalue weighted by Crippen LogP contribution is 2.15. The number of nitrogens with zero attached hydrogens (tertiary/aromatic N) is 14. The maximum Gasteiger partial charge on any atom is 0.231 e. The van der Waals surface area contributed by atoms with Gasteiger partial charge in [-0.05, 0) is 91.1 Å². The van der Waals surface area contributed by atoms with Crippen molar-refractivity contribution < 1.29 is 0 Å². The first kappa shape index (κ1) is 47.7. The highest BCUT2D eigenvalue weighted by molar-refractivity contribution is 7.98. The maximum atomic E-state index is 5.68. The van der Waals surface area contributed by atoms with Crippen LogP contribution in [0.15, 0.2) is 10.3 Å². The SMILES string of the molecule is CCN(CC)c1nc(N)nc(Cl)n1.CCN(CC)c1nc(N)nc(SC)n1.CCNc1nc(Cl)nc(NCC)n1.CCNc1nc(NCC)nc(SC)n1. The zero-order valence-electron chi connectivity index (χ0n) is 32.6. The van der Waals surface area contributed by atoms with Crippen molar-refractivity contribution in [2.24, 2.45) is 0 Å². The predicted octanol–water partition coefficient (Wildman–Crippen LogP) is 4.82. The minimum Gasteiger partial charge on any atom is -0.368 e. The highest BCUT2D eigenvalue weighted by Gasteiger charge is 2.10. The molecule has 0 aliphatic rings. The lowest BCUT2D eigenvalue weighted by Gasteiger charge is -2.18. The molecule has 0 aliphatic carbocycles. The van der Waals surface area contributed by atoms with Gasteiger partial charge in [-0.3, -0.25) is 0 Å². The Balaban J connectivity index is 0.000000360. The van der Waals surface area contributed by atoms with Crippen LogP contribution in [0, 0.1) is 0 Å². The van der Waals surface area contributed by atoms with Crippen LogP contribution in [0.5, 0.6) is 0 Å². The van der Waals surface area contributed by atoms with Gasteiger partial charge in [-0.15, -0.1) is 0 Å². The van der Waals surface area contributed by atoms with Gasteiger partial charge in [0.05, 0.1) is 0 Å². The molecule has 0 saturated carbocycles. The summed E-state index contributed by atoms with van der Waals surface area (Å²) in [5.41, 5.74) is 11.0. The van der Waals surface area contributed by atoms with E-state index in [1.165, 1.54) is 23.5 Å². The summed E-state index contributed by atoms with van der Waals surface area (Å²) in [5.74, 6) is 3.88. The summed E-state index contributed by atoms with van der Waals surface area (Å²) in [6.07, 6.45) is 3.86. The molecule has 300 valence electrons. The molecule has 20 nitrogen and oxygen atoms in total. The van der Waals surface area contributed by atoms with E-state index in [1.807, 2.05) is 63.9 Å².